The SMILES string of the molecule is c1cncc(CCN2CCCN3CCCC3C2)c1. The van der Waals surface area contributed by atoms with E-state index in [1.165, 1.54) is 57.5 Å². The van der Waals surface area contributed by atoms with E-state index in [-0.39, 0.29) is 0 Å². The van der Waals surface area contributed by atoms with Crippen LogP contribution in [-0.4, -0.2) is 53.5 Å². The van der Waals surface area contributed by atoms with Gasteiger partial charge in [-0.05, 0) is 56.9 Å². The smallest absolute Gasteiger partial charge is 0.0300 e. The minimum Gasteiger partial charge on any atom is -0.301 e. The quantitative estimate of drug-likeness (QED) is 0.809. The van der Waals surface area contributed by atoms with E-state index in [0.29, 0.717) is 0 Å². The highest BCUT2D eigenvalue weighted by atomic mass is 15.3. The molecule has 3 heterocycles. The summed E-state index contributed by atoms with van der Waals surface area (Å²) in [5, 5.41) is 0. The largest absolute Gasteiger partial charge is 0.301 e. The number of pyridine rings is 1. The molecule has 0 aromatic carbocycles. The van der Waals surface area contributed by atoms with Crippen LogP contribution in [0.3, 0.4) is 0 Å². The molecule has 2 fully saturated rings. The predicted molar refractivity (Wildman–Crippen MR) is 73.6 cm³/mol. The lowest BCUT2D eigenvalue weighted by Gasteiger charge is -2.25. The van der Waals surface area contributed by atoms with Crippen molar-refractivity contribution in [2.24, 2.45) is 0 Å². The monoisotopic (exact) mass is 245 g/mol. The molecule has 1 atom stereocenters. The van der Waals surface area contributed by atoms with Gasteiger partial charge in [-0.25, -0.2) is 0 Å². The van der Waals surface area contributed by atoms with E-state index in [2.05, 4.69) is 20.9 Å². The first-order valence-corrected chi connectivity index (χ1v) is 7.27. The molecule has 0 amide bonds. The Kier molecular flexibility index (Phi) is 3.91. The van der Waals surface area contributed by atoms with Crippen molar-refractivity contribution in [2.75, 3.05) is 32.7 Å². The summed E-state index contributed by atoms with van der Waals surface area (Å²) < 4.78 is 0. The molecule has 98 valence electrons. The van der Waals surface area contributed by atoms with E-state index in [4.69, 9.17) is 0 Å². The highest BCUT2D eigenvalue weighted by Crippen LogP contribution is 2.21. The van der Waals surface area contributed by atoms with Crippen LogP contribution in [0.25, 0.3) is 0 Å². The average Bonchev–Trinajstić information content (AvgIpc) is 2.76. The van der Waals surface area contributed by atoms with Crippen LogP contribution < -0.4 is 0 Å². The topological polar surface area (TPSA) is 19.4 Å². The van der Waals surface area contributed by atoms with Gasteiger partial charge in [0.15, 0.2) is 0 Å². The summed E-state index contributed by atoms with van der Waals surface area (Å²) in [5.74, 6) is 0. The fraction of sp³-hybridized carbons (Fsp3) is 0.667. The van der Waals surface area contributed by atoms with Crippen molar-refractivity contribution in [3.8, 4) is 0 Å². The van der Waals surface area contributed by atoms with E-state index >= 15 is 0 Å². The molecule has 1 unspecified atom stereocenters. The Morgan fingerprint density at radius 1 is 1.22 bits per heavy atom. The molecule has 0 radical (unpaired) electrons. The van der Waals surface area contributed by atoms with Gasteiger partial charge in [-0.3, -0.25) is 9.88 Å². The van der Waals surface area contributed by atoms with Crippen LogP contribution in [0.1, 0.15) is 24.8 Å². The molecular weight excluding hydrogens is 222 g/mol. The van der Waals surface area contributed by atoms with Gasteiger partial charge < -0.3 is 4.90 Å². The zero-order valence-corrected chi connectivity index (χ0v) is 11.1. The molecule has 0 bridgehead atoms. The maximum atomic E-state index is 4.19. The molecule has 0 N–H and O–H groups in total. The van der Waals surface area contributed by atoms with Gasteiger partial charge in [0.05, 0.1) is 0 Å². The zero-order chi connectivity index (χ0) is 12.2. The molecule has 2 aliphatic rings. The summed E-state index contributed by atoms with van der Waals surface area (Å²) in [6, 6.07) is 5.06. The van der Waals surface area contributed by atoms with Gasteiger partial charge in [0.2, 0.25) is 0 Å². The summed E-state index contributed by atoms with van der Waals surface area (Å²) in [7, 11) is 0. The van der Waals surface area contributed by atoms with Crippen molar-refractivity contribution < 1.29 is 0 Å². The fourth-order valence-electron chi connectivity index (χ4n) is 3.32. The summed E-state index contributed by atoms with van der Waals surface area (Å²) >= 11 is 0. The normalized spacial score (nSPS) is 25.9. The number of rotatable bonds is 3. The molecule has 1 aromatic heterocycles. The maximum Gasteiger partial charge on any atom is 0.0300 e. The number of nitrogens with zero attached hydrogens (tertiary/aromatic N) is 3. The predicted octanol–water partition coefficient (Wildman–Crippen LogP) is 1.79. The Bertz CT molecular complexity index is 365. The van der Waals surface area contributed by atoms with Crippen molar-refractivity contribution in [3.63, 3.8) is 0 Å². The third-order valence-electron chi connectivity index (χ3n) is 4.33. The van der Waals surface area contributed by atoms with Crippen molar-refractivity contribution in [3.05, 3.63) is 30.1 Å². The van der Waals surface area contributed by atoms with Crippen molar-refractivity contribution in [1.82, 2.24) is 14.8 Å². The van der Waals surface area contributed by atoms with Gasteiger partial charge in [-0.1, -0.05) is 6.07 Å². The number of fused-ring (bicyclic) bond motifs is 1. The number of hydrogen-bond acceptors (Lipinski definition) is 3. The second-order valence-corrected chi connectivity index (χ2v) is 5.60. The van der Waals surface area contributed by atoms with Gasteiger partial charge in [0.1, 0.15) is 0 Å². The van der Waals surface area contributed by atoms with Gasteiger partial charge in [0, 0.05) is 31.5 Å². The molecule has 3 rings (SSSR count). The van der Waals surface area contributed by atoms with Crippen LogP contribution in [0.5, 0.6) is 0 Å². The Labute approximate surface area is 110 Å². The molecule has 0 spiro atoms. The number of aromatic nitrogens is 1. The third kappa shape index (κ3) is 2.90. The van der Waals surface area contributed by atoms with E-state index in [1.54, 1.807) is 0 Å². The van der Waals surface area contributed by atoms with Crippen LogP contribution in [-0.2, 0) is 6.42 Å². The van der Waals surface area contributed by atoms with E-state index in [1.807, 2.05) is 18.5 Å². The standard InChI is InChI=1S/C15H23N3/c1-4-14(12-16-7-1)6-11-17-8-3-10-18-9-2-5-15(18)13-17/h1,4,7,12,15H,2-3,5-6,8-11,13H2. The van der Waals surface area contributed by atoms with E-state index in [9.17, 15) is 0 Å². The summed E-state index contributed by atoms with van der Waals surface area (Å²) in [5.41, 5.74) is 1.37. The zero-order valence-electron chi connectivity index (χ0n) is 11.1. The van der Waals surface area contributed by atoms with Crippen molar-refractivity contribution >= 4 is 0 Å². The fourth-order valence-corrected chi connectivity index (χ4v) is 3.32. The molecule has 18 heavy (non-hydrogen) atoms. The molecular formula is C15H23N3. The minimum atomic E-state index is 0.835. The highest BCUT2D eigenvalue weighted by Gasteiger charge is 2.28. The third-order valence-corrected chi connectivity index (χ3v) is 4.33. The second-order valence-electron chi connectivity index (χ2n) is 5.60. The molecule has 3 heteroatoms. The first-order chi connectivity index (χ1) is 8.92. The van der Waals surface area contributed by atoms with E-state index < -0.39 is 0 Å². The molecule has 3 nitrogen and oxygen atoms in total. The van der Waals surface area contributed by atoms with Crippen LogP contribution in [0.4, 0.5) is 0 Å². The number of hydrogen-bond donors (Lipinski definition) is 0. The first kappa shape index (κ1) is 12.1. The first-order valence-electron chi connectivity index (χ1n) is 7.27. The average molecular weight is 245 g/mol. The molecule has 2 saturated heterocycles. The molecule has 0 saturated carbocycles. The van der Waals surface area contributed by atoms with Crippen LogP contribution in [0, 0.1) is 0 Å². The maximum absolute atomic E-state index is 4.19. The van der Waals surface area contributed by atoms with Gasteiger partial charge in [-0.15, -0.1) is 0 Å². The lowest BCUT2D eigenvalue weighted by atomic mass is 10.2. The van der Waals surface area contributed by atoms with Crippen LogP contribution in [0.15, 0.2) is 24.5 Å². The molecule has 1 aromatic rings. The Balaban J connectivity index is 1.53. The van der Waals surface area contributed by atoms with Crippen molar-refractivity contribution in [2.45, 2.75) is 31.7 Å². The summed E-state index contributed by atoms with van der Waals surface area (Å²) in [4.78, 5) is 9.55. The lowest BCUT2D eigenvalue weighted by molar-refractivity contribution is 0.221. The summed E-state index contributed by atoms with van der Waals surface area (Å²) in [6.07, 6.45) is 9.14. The lowest BCUT2D eigenvalue weighted by Crippen LogP contribution is -2.37. The highest BCUT2D eigenvalue weighted by molar-refractivity contribution is 5.08. The Morgan fingerprint density at radius 2 is 2.17 bits per heavy atom. The Morgan fingerprint density at radius 3 is 3.06 bits per heavy atom. The molecule has 2 aliphatic heterocycles. The van der Waals surface area contributed by atoms with Crippen LogP contribution in [0.2, 0.25) is 0 Å². The van der Waals surface area contributed by atoms with E-state index in [0.717, 1.165) is 12.5 Å². The van der Waals surface area contributed by atoms with Crippen molar-refractivity contribution in [1.29, 1.82) is 0 Å². The second kappa shape index (κ2) is 5.81. The minimum absolute atomic E-state index is 0.835. The van der Waals surface area contributed by atoms with Gasteiger partial charge in [-0.2, -0.15) is 0 Å². The van der Waals surface area contributed by atoms with Gasteiger partial charge >= 0.3 is 0 Å². The van der Waals surface area contributed by atoms with Crippen LogP contribution >= 0.6 is 0 Å². The summed E-state index contributed by atoms with van der Waals surface area (Å²) in [6.45, 7) is 6.39. The van der Waals surface area contributed by atoms with Gasteiger partial charge in [0.25, 0.3) is 0 Å². The Hall–Kier alpha value is -0.930. The molecule has 0 aliphatic carbocycles.